The van der Waals surface area contributed by atoms with Crippen LogP contribution in [0.4, 0.5) is 0 Å². The van der Waals surface area contributed by atoms with E-state index in [9.17, 15) is 4.79 Å². The molecule has 1 aromatic rings. The third-order valence-corrected chi connectivity index (χ3v) is 5.66. The predicted octanol–water partition coefficient (Wildman–Crippen LogP) is 6.84. The molecule has 2 heteroatoms. The molecule has 1 aliphatic carbocycles. The van der Waals surface area contributed by atoms with Gasteiger partial charge in [0.1, 0.15) is 5.75 Å². The molecular formula is C24H36O2. The van der Waals surface area contributed by atoms with Crippen molar-refractivity contribution < 1.29 is 9.53 Å². The molecule has 0 amide bonds. The second kappa shape index (κ2) is 11.9. The monoisotopic (exact) mass is 356 g/mol. The van der Waals surface area contributed by atoms with Gasteiger partial charge in [0.05, 0.1) is 7.11 Å². The summed E-state index contributed by atoms with van der Waals surface area (Å²) in [6.45, 7) is 2.21. The minimum atomic E-state index is 0.276. The van der Waals surface area contributed by atoms with E-state index in [1.165, 1.54) is 56.9 Å². The van der Waals surface area contributed by atoms with Crippen molar-refractivity contribution in [3.8, 4) is 5.75 Å². The summed E-state index contributed by atoms with van der Waals surface area (Å²) in [7, 11) is 1.70. The lowest BCUT2D eigenvalue weighted by molar-refractivity contribution is -0.115. The smallest absolute Gasteiger partial charge is 0.155 e. The van der Waals surface area contributed by atoms with Gasteiger partial charge in [-0.1, -0.05) is 70.1 Å². The van der Waals surface area contributed by atoms with Gasteiger partial charge in [0, 0.05) is 6.42 Å². The SMILES string of the molecule is CCCCC/C=C/C(=O)C[C@H](CC1CCCCC1)c1ccc(OC)cc1. The van der Waals surface area contributed by atoms with Crippen LogP contribution in [0.15, 0.2) is 36.4 Å². The average molecular weight is 357 g/mol. The number of unbranched alkanes of at least 4 members (excludes halogenated alkanes) is 3. The van der Waals surface area contributed by atoms with Crippen molar-refractivity contribution in [1.29, 1.82) is 0 Å². The number of carbonyl (C=O) groups is 1. The van der Waals surface area contributed by atoms with Crippen molar-refractivity contribution in [2.24, 2.45) is 5.92 Å². The summed E-state index contributed by atoms with van der Waals surface area (Å²) in [4.78, 5) is 12.5. The molecule has 0 saturated heterocycles. The fourth-order valence-corrected chi connectivity index (χ4v) is 4.08. The van der Waals surface area contributed by atoms with Crippen molar-refractivity contribution in [2.75, 3.05) is 7.11 Å². The first-order valence-corrected chi connectivity index (χ1v) is 10.6. The minimum absolute atomic E-state index is 0.276. The van der Waals surface area contributed by atoms with E-state index >= 15 is 0 Å². The molecule has 2 nitrogen and oxygen atoms in total. The van der Waals surface area contributed by atoms with Crippen LogP contribution >= 0.6 is 0 Å². The number of ketones is 1. The number of carbonyl (C=O) groups excluding carboxylic acids is 1. The fraction of sp³-hybridized carbons (Fsp3) is 0.625. The first kappa shape index (κ1) is 20.7. The minimum Gasteiger partial charge on any atom is -0.497 e. The van der Waals surface area contributed by atoms with E-state index in [1.807, 2.05) is 18.2 Å². The topological polar surface area (TPSA) is 26.3 Å². The number of methoxy groups -OCH3 is 1. The zero-order chi connectivity index (χ0) is 18.6. The molecule has 0 aromatic heterocycles. The first-order chi connectivity index (χ1) is 12.7. The van der Waals surface area contributed by atoms with Crippen LogP contribution in [-0.4, -0.2) is 12.9 Å². The Morgan fingerprint density at radius 3 is 2.54 bits per heavy atom. The Balaban J connectivity index is 1.97. The van der Waals surface area contributed by atoms with Crippen LogP contribution in [0.5, 0.6) is 5.75 Å². The van der Waals surface area contributed by atoms with Crippen LogP contribution in [0, 0.1) is 5.92 Å². The lowest BCUT2D eigenvalue weighted by atomic mass is 9.79. The Morgan fingerprint density at radius 2 is 1.88 bits per heavy atom. The summed E-state index contributed by atoms with van der Waals surface area (Å²) >= 11 is 0. The van der Waals surface area contributed by atoms with Crippen molar-refractivity contribution in [3.63, 3.8) is 0 Å². The molecule has 0 N–H and O–H groups in total. The van der Waals surface area contributed by atoms with E-state index in [1.54, 1.807) is 7.11 Å². The molecule has 0 aliphatic heterocycles. The molecule has 0 unspecified atom stereocenters. The van der Waals surface area contributed by atoms with Gasteiger partial charge < -0.3 is 4.74 Å². The number of ether oxygens (including phenoxy) is 1. The third-order valence-electron chi connectivity index (χ3n) is 5.66. The third kappa shape index (κ3) is 7.35. The number of hydrogen-bond donors (Lipinski definition) is 0. The van der Waals surface area contributed by atoms with E-state index < -0.39 is 0 Å². The van der Waals surface area contributed by atoms with Gasteiger partial charge in [-0.2, -0.15) is 0 Å². The van der Waals surface area contributed by atoms with Crippen LogP contribution in [0.2, 0.25) is 0 Å². The van der Waals surface area contributed by atoms with Crippen molar-refractivity contribution in [3.05, 3.63) is 42.0 Å². The highest BCUT2D eigenvalue weighted by molar-refractivity contribution is 5.90. The van der Waals surface area contributed by atoms with Gasteiger partial charge in [-0.25, -0.2) is 0 Å². The molecule has 1 aliphatic rings. The largest absolute Gasteiger partial charge is 0.497 e. The Bertz CT molecular complexity index is 538. The molecule has 1 saturated carbocycles. The standard InChI is InChI=1S/C24H36O2/c1-3-4-5-6-10-13-23(25)19-22(18-20-11-8-7-9-12-20)21-14-16-24(26-2)17-15-21/h10,13-17,20,22H,3-9,11-12,18-19H2,1-2H3/b13-10+/t22-/m0/s1. The predicted molar refractivity (Wildman–Crippen MR) is 110 cm³/mol. The molecule has 1 fully saturated rings. The number of rotatable bonds is 11. The molecule has 0 heterocycles. The summed E-state index contributed by atoms with van der Waals surface area (Å²) in [5.41, 5.74) is 1.28. The highest BCUT2D eigenvalue weighted by Gasteiger charge is 2.22. The number of allylic oxidation sites excluding steroid dienone is 2. The van der Waals surface area contributed by atoms with E-state index in [0.29, 0.717) is 12.3 Å². The Kier molecular flexibility index (Phi) is 9.52. The van der Waals surface area contributed by atoms with E-state index in [4.69, 9.17) is 4.74 Å². The second-order valence-electron chi connectivity index (χ2n) is 7.78. The van der Waals surface area contributed by atoms with Crippen LogP contribution in [0.1, 0.15) is 89.0 Å². The van der Waals surface area contributed by atoms with Gasteiger partial charge in [0.2, 0.25) is 0 Å². The average Bonchev–Trinajstić information content (AvgIpc) is 2.68. The maximum Gasteiger partial charge on any atom is 0.155 e. The molecule has 1 aromatic carbocycles. The fourth-order valence-electron chi connectivity index (χ4n) is 4.08. The molecule has 26 heavy (non-hydrogen) atoms. The molecule has 144 valence electrons. The summed E-state index contributed by atoms with van der Waals surface area (Å²) < 4.78 is 5.29. The Labute approximate surface area is 160 Å². The summed E-state index contributed by atoms with van der Waals surface area (Å²) in [6, 6.07) is 8.33. The molecule has 1 atom stereocenters. The molecule has 2 rings (SSSR count). The van der Waals surface area contributed by atoms with E-state index in [2.05, 4.69) is 25.1 Å². The van der Waals surface area contributed by atoms with Crippen LogP contribution in [-0.2, 0) is 4.79 Å². The van der Waals surface area contributed by atoms with Gasteiger partial charge in [-0.15, -0.1) is 0 Å². The lowest BCUT2D eigenvalue weighted by Gasteiger charge is -2.26. The summed E-state index contributed by atoms with van der Waals surface area (Å²) in [6.07, 6.45) is 17.1. The second-order valence-corrected chi connectivity index (χ2v) is 7.78. The van der Waals surface area contributed by atoms with Gasteiger partial charge in [0.15, 0.2) is 5.78 Å². The summed E-state index contributed by atoms with van der Waals surface area (Å²) in [5.74, 6) is 2.26. The van der Waals surface area contributed by atoms with Crippen molar-refractivity contribution >= 4 is 5.78 Å². The Morgan fingerprint density at radius 1 is 1.15 bits per heavy atom. The van der Waals surface area contributed by atoms with E-state index in [-0.39, 0.29) is 5.78 Å². The van der Waals surface area contributed by atoms with Crippen LogP contribution in [0.25, 0.3) is 0 Å². The molecule has 0 radical (unpaired) electrons. The van der Waals surface area contributed by atoms with Crippen molar-refractivity contribution in [2.45, 2.75) is 83.5 Å². The summed E-state index contributed by atoms with van der Waals surface area (Å²) in [5, 5.41) is 0. The zero-order valence-electron chi connectivity index (χ0n) is 16.7. The van der Waals surface area contributed by atoms with Gasteiger partial charge in [0.25, 0.3) is 0 Å². The van der Waals surface area contributed by atoms with E-state index in [0.717, 1.165) is 24.5 Å². The van der Waals surface area contributed by atoms with Crippen LogP contribution < -0.4 is 4.74 Å². The highest BCUT2D eigenvalue weighted by atomic mass is 16.5. The maximum atomic E-state index is 12.5. The number of benzene rings is 1. The molecular weight excluding hydrogens is 320 g/mol. The van der Waals surface area contributed by atoms with Crippen LogP contribution in [0.3, 0.4) is 0 Å². The molecule has 0 bridgehead atoms. The van der Waals surface area contributed by atoms with Gasteiger partial charge in [-0.3, -0.25) is 4.79 Å². The van der Waals surface area contributed by atoms with Gasteiger partial charge in [-0.05, 0) is 54.9 Å². The first-order valence-electron chi connectivity index (χ1n) is 10.6. The lowest BCUT2D eigenvalue weighted by Crippen LogP contribution is -2.14. The Hall–Kier alpha value is -1.57. The number of hydrogen-bond acceptors (Lipinski definition) is 2. The zero-order valence-corrected chi connectivity index (χ0v) is 16.7. The maximum absolute atomic E-state index is 12.5. The quantitative estimate of drug-likeness (QED) is 0.320. The highest BCUT2D eigenvalue weighted by Crippen LogP contribution is 2.35. The normalized spacial score (nSPS) is 16.7. The molecule has 0 spiro atoms. The van der Waals surface area contributed by atoms with Gasteiger partial charge >= 0.3 is 0 Å². The van der Waals surface area contributed by atoms with Crippen molar-refractivity contribution in [1.82, 2.24) is 0 Å².